The highest BCUT2D eigenvalue weighted by atomic mass is 16.2. The van der Waals surface area contributed by atoms with Gasteiger partial charge in [-0.25, -0.2) is 4.79 Å². The first kappa shape index (κ1) is 14.1. The number of aromatic nitrogens is 1. The highest BCUT2D eigenvalue weighted by Crippen LogP contribution is 2.15. The van der Waals surface area contributed by atoms with E-state index >= 15 is 0 Å². The summed E-state index contributed by atoms with van der Waals surface area (Å²) in [5.41, 5.74) is 3.07. The first-order valence-corrected chi connectivity index (χ1v) is 7.21. The number of nitrogens with zero attached hydrogens (tertiary/aromatic N) is 1. The van der Waals surface area contributed by atoms with Gasteiger partial charge in [0.25, 0.3) is 0 Å². The van der Waals surface area contributed by atoms with E-state index in [2.05, 4.69) is 15.6 Å². The van der Waals surface area contributed by atoms with E-state index < -0.39 is 0 Å². The largest absolute Gasteiger partial charge is 0.334 e. The summed E-state index contributed by atoms with van der Waals surface area (Å²) in [6.45, 7) is 0.993. The molecule has 1 aromatic heterocycles. The fourth-order valence-electron chi connectivity index (χ4n) is 2.33. The maximum Gasteiger partial charge on any atom is 0.315 e. The lowest BCUT2D eigenvalue weighted by Crippen LogP contribution is -2.34. The predicted molar refractivity (Wildman–Crippen MR) is 87.3 cm³/mol. The number of urea groups is 1. The number of nitrogens with one attached hydrogen (secondary N) is 2. The van der Waals surface area contributed by atoms with Crippen LogP contribution in [0.1, 0.15) is 11.1 Å². The number of hydrogen-bond acceptors (Lipinski definition) is 2. The number of para-hydroxylation sites is 1. The van der Waals surface area contributed by atoms with E-state index in [9.17, 15) is 4.79 Å². The summed E-state index contributed by atoms with van der Waals surface area (Å²) in [5.74, 6) is 0. The van der Waals surface area contributed by atoms with Crippen LogP contribution in [0.25, 0.3) is 10.9 Å². The highest BCUT2D eigenvalue weighted by Gasteiger charge is 2.04. The maximum atomic E-state index is 11.9. The molecule has 0 saturated heterocycles. The van der Waals surface area contributed by atoms with Gasteiger partial charge < -0.3 is 10.6 Å². The second-order valence-corrected chi connectivity index (χ2v) is 5.01. The van der Waals surface area contributed by atoms with E-state index in [-0.39, 0.29) is 6.03 Å². The Morgan fingerprint density at radius 2 is 1.59 bits per heavy atom. The number of fused-ring (bicyclic) bond motifs is 1. The normalized spacial score (nSPS) is 10.4. The van der Waals surface area contributed by atoms with Crippen molar-refractivity contribution in [3.05, 3.63) is 78.0 Å². The third kappa shape index (κ3) is 3.41. The molecule has 4 heteroatoms. The number of hydrogen-bond donors (Lipinski definition) is 2. The lowest BCUT2D eigenvalue weighted by molar-refractivity contribution is 0.240. The Morgan fingerprint density at radius 1 is 0.864 bits per heavy atom. The van der Waals surface area contributed by atoms with Gasteiger partial charge in [-0.15, -0.1) is 0 Å². The van der Waals surface area contributed by atoms with Gasteiger partial charge in [0.05, 0.1) is 5.52 Å². The molecule has 3 aromatic rings. The third-order valence-corrected chi connectivity index (χ3v) is 3.47. The summed E-state index contributed by atoms with van der Waals surface area (Å²) >= 11 is 0. The lowest BCUT2D eigenvalue weighted by Gasteiger charge is -2.09. The number of benzene rings is 2. The van der Waals surface area contributed by atoms with Gasteiger partial charge in [-0.1, -0.05) is 48.5 Å². The van der Waals surface area contributed by atoms with Crippen LogP contribution in [0.2, 0.25) is 0 Å². The summed E-state index contributed by atoms with van der Waals surface area (Å²) in [6.07, 6.45) is 1.77. The molecule has 0 saturated carbocycles. The molecule has 0 radical (unpaired) electrons. The molecule has 0 spiro atoms. The van der Waals surface area contributed by atoms with Crippen LogP contribution in [0.3, 0.4) is 0 Å². The molecule has 2 aromatic carbocycles. The van der Waals surface area contributed by atoms with Gasteiger partial charge in [-0.3, -0.25) is 4.98 Å². The zero-order valence-corrected chi connectivity index (χ0v) is 12.1. The minimum Gasteiger partial charge on any atom is -0.334 e. The molecule has 2 amide bonds. The van der Waals surface area contributed by atoms with Gasteiger partial charge in [0.15, 0.2) is 0 Å². The van der Waals surface area contributed by atoms with Crippen molar-refractivity contribution in [3.8, 4) is 0 Å². The summed E-state index contributed by atoms with van der Waals surface area (Å²) in [5, 5.41) is 6.80. The van der Waals surface area contributed by atoms with Crippen LogP contribution in [0.15, 0.2) is 66.9 Å². The average Bonchev–Trinajstić information content (AvgIpc) is 2.59. The predicted octanol–water partition coefficient (Wildman–Crippen LogP) is 3.23. The highest BCUT2D eigenvalue weighted by molar-refractivity contribution is 5.82. The first-order valence-electron chi connectivity index (χ1n) is 7.21. The molecule has 0 aliphatic carbocycles. The Labute approximate surface area is 129 Å². The van der Waals surface area contributed by atoms with Gasteiger partial charge in [0, 0.05) is 24.7 Å². The molecule has 0 atom stereocenters. The zero-order chi connectivity index (χ0) is 15.2. The van der Waals surface area contributed by atoms with E-state index in [0.29, 0.717) is 13.1 Å². The number of carbonyl (C=O) groups excluding carboxylic acids is 1. The molecule has 0 aliphatic rings. The van der Waals surface area contributed by atoms with Crippen molar-refractivity contribution < 1.29 is 4.79 Å². The van der Waals surface area contributed by atoms with Crippen molar-refractivity contribution in [1.29, 1.82) is 0 Å². The molecule has 0 unspecified atom stereocenters. The Kier molecular flexibility index (Phi) is 4.30. The molecule has 22 heavy (non-hydrogen) atoms. The van der Waals surface area contributed by atoms with Gasteiger partial charge in [-0.05, 0) is 23.3 Å². The smallest absolute Gasteiger partial charge is 0.315 e. The van der Waals surface area contributed by atoms with Crippen molar-refractivity contribution in [2.45, 2.75) is 13.1 Å². The lowest BCUT2D eigenvalue weighted by atomic mass is 10.1. The minimum atomic E-state index is -0.176. The molecule has 0 bridgehead atoms. The van der Waals surface area contributed by atoms with Crippen molar-refractivity contribution in [1.82, 2.24) is 15.6 Å². The van der Waals surface area contributed by atoms with Gasteiger partial charge >= 0.3 is 6.03 Å². The molecular weight excluding hydrogens is 274 g/mol. The van der Waals surface area contributed by atoms with Crippen LogP contribution in [0.5, 0.6) is 0 Å². The molecule has 0 aliphatic heterocycles. The van der Waals surface area contributed by atoms with Crippen molar-refractivity contribution in [2.24, 2.45) is 0 Å². The van der Waals surface area contributed by atoms with Crippen LogP contribution in [0, 0.1) is 0 Å². The van der Waals surface area contributed by atoms with Crippen LogP contribution >= 0.6 is 0 Å². The van der Waals surface area contributed by atoms with Gasteiger partial charge in [-0.2, -0.15) is 0 Å². The average molecular weight is 291 g/mol. The van der Waals surface area contributed by atoms with E-state index in [1.54, 1.807) is 6.20 Å². The summed E-state index contributed by atoms with van der Waals surface area (Å²) in [6, 6.07) is 19.5. The number of amides is 2. The van der Waals surface area contributed by atoms with Crippen LogP contribution in [-0.2, 0) is 13.1 Å². The maximum absolute atomic E-state index is 11.9. The van der Waals surface area contributed by atoms with Crippen LogP contribution in [-0.4, -0.2) is 11.0 Å². The molecule has 3 rings (SSSR count). The fraction of sp³-hybridized carbons (Fsp3) is 0.111. The van der Waals surface area contributed by atoms with Gasteiger partial charge in [0.1, 0.15) is 0 Å². The Bertz CT molecular complexity index is 766. The summed E-state index contributed by atoms with van der Waals surface area (Å²) in [4.78, 5) is 16.2. The standard InChI is InChI=1S/C18H17N3O/c22-18(20-12-14-6-2-1-3-7-14)21-13-15-10-11-19-17-9-5-4-8-16(15)17/h1-11H,12-13H2,(H2,20,21,22). The number of rotatable bonds is 4. The zero-order valence-electron chi connectivity index (χ0n) is 12.1. The minimum absolute atomic E-state index is 0.176. The van der Waals surface area contributed by atoms with E-state index in [1.807, 2.05) is 60.7 Å². The third-order valence-electron chi connectivity index (χ3n) is 3.47. The van der Waals surface area contributed by atoms with E-state index in [4.69, 9.17) is 0 Å². The fourth-order valence-corrected chi connectivity index (χ4v) is 2.33. The first-order chi connectivity index (χ1) is 10.8. The van der Waals surface area contributed by atoms with Gasteiger partial charge in [0.2, 0.25) is 0 Å². The Hall–Kier alpha value is -2.88. The monoisotopic (exact) mass is 291 g/mol. The number of pyridine rings is 1. The second-order valence-electron chi connectivity index (χ2n) is 5.01. The SMILES string of the molecule is O=C(NCc1ccccc1)NCc1ccnc2ccccc12. The molecule has 1 heterocycles. The molecule has 0 fully saturated rings. The van der Waals surface area contributed by atoms with Crippen LogP contribution < -0.4 is 10.6 Å². The van der Waals surface area contributed by atoms with Crippen molar-refractivity contribution >= 4 is 16.9 Å². The summed E-state index contributed by atoms with van der Waals surface area (Å²) < 4.78 is 0. The topological polar surface area (TPSA) is 54.0 Å². The van der Waals surface area contributed by atoms with Crippen LogP contribution in [0.4, 0.5) is 4.79 Å². The Balaban J connectivity index is 1.58. The number of carbonyl (C=O) groups is 1. The Morgan fingerprint density at radius 3 is 2.45 bits per heavy atom. The molecule has 4 nitrogen and oxygen atoms in total. The second kappa shape index (κ2) is 6.72. The molecule has 110 valence electrons. The molecule has 2 N–H and O–H groups in total. The van der Waals surface area contributed by atoms with Crippen molar-refractivity contribution in [2.75, 3.05) is 0 Å². The quantitative estimate of drug-likeness (QED) is 0.775. The van der Waals surface area contributed by atoms with E-state index in [1.165, 1.54) is 0 Å². The summed E-state index contributed by atoms with van der Waals surface area (Å²) in [7, 11) is 0. The molecular formula is C18H17N3O. The van der Waals surface area contributed by atoms with E-state index in [0.717, 1.165) is 22.0 Å². The van der Waals surface area contributed by atoms with Crippen molar-refractivity contribution in [3.63, 3.8) is 0 Å².